The van der Waals surface area contributed by atoms with Crippen LogP contribution in [0.1, 0.15) is 32.2 Å². The Bertz CT molecular complexity index is 761. The molecule has 3 heterocycles. The minimum atomic E-state index is -0.0866. The lowest BCUT2D eigenvalue weighted by atomic mass is 10.1. The largest absolute Gasteiger partial charge is 0.335 e. The fourth-order valence-electron chi connectivity index (χ4n) is 3.01. The molecule has 7 heteroatoms. The van der Waals surface area contributed by atoms with Crippen LogP contribution in [0.3, 0.4) is 0 Å². The summed E-state index contributed by atoms with van der Waals surface area (Å²) in [6.45, 7) is 5.81. The summed E-state index contributed by atoms with van der Waals surface area (Å²) in [5.74, 6) is -0.0977. The monoisotopic (exact) mass is 327 g/mol. The van der Waals surface area contributed by atoms with E-state index in [4.69, 9.17) is 0 Å². The number of pyridine rings is 1. The van der Waals surface area contributed by atoms with Crippen LogP contribution in [0.2, 0.25) is 0 Å². The maximum atomic E-state index is 12.8. The molecule has 0 radical (unpaired) electrons. The van der Waals surface area contributed by atoms with Crippen LogP contribution in [0.4, 0.5) is 0 Å². The summed E-state index contributed by atoms with van der Waals surface area (Å²) < 4.78 is 1.73. The van der Waals surface area contributed by atoms with Crippen molar-refractivity contribution in [3.8, 4) is 0 Å². The normalized spacial score (nSPS) is 14.8. The topological polar surface area (TPSA) is 71.3 Å². The molecule has 3 rings (SSSR count). The van der Waals surface area contributed by atoms with E-state index in [1.54, 1.807) is 38.9 Å². The maximum absolute atomic E-state index is 12.8. The van der Waals surface area contributed by atoms with Gasteiger partial charge in [-0.1, -0.05) is 6.07 Å². The van der Waals surface area contributed by atoms with Gasteiger partial charge in [-0.2, -0.15) is 5.10 Å². The van der Waals surface area contributed by atoms with Crippen molar-refractivity contribution in [1.82, 2.24) is 24.6 Å². The van der Waals surface area contributed by atoms with Gasteiger partial charge in [0.1, 0.15) is 5.69 Å². The molecule has 126 valence electrons. The predicted molar refractivity (Wildman–Crippen MR) is 88.7 cm³/mol. The van der Waals surface area contributed by atoms with Gasteiger partial charge in [0.15, 0.2) is 0 Å². The van der Waals surface area contributed by atoms with E-state index < -0.39 is 0 Å². The van der Waals surface area contributed by atoms with Gasteiger partial charge in [-0.05, 0) is 26.0 Å². The minimum Gasteiger partial charge on any atom is -0.335 e. The second-order valence-electron chi connectivity index (χ2n) is 5.97. The third-order valence-electron chi connectivity index (χ3n) is 4.46. The summed E-state index contributed by atoms with van der Waals surface area (Å²) >= 11 is 0. The first-order valence-corrected chi connectivity index (χ1v) is 7.99. The fraction of sp³-hybridized carbons (Fsp3) is 0.412. The van der Waals surface area contributed by atoms with Gasteiger partial charge in [0.25, 0.3) is 11.8 Å². The Morgan fingerprint density at radius 2 is 1.62 bits per heavy atom. The number of aryl methyl sites for hydroxylation is 2. The van der Waals surface area contributed by atoms with E-state index in [9.17, 15) is 9.59 Å². The minimum absolute atomic E-state index is 0.0111. The Balaban J connectivity index is 1.67. The van der Waals surface area contributed by atoms with Crippen LogP contribution in [0.25, 0.3) is 0 Å². The smallest absolute Gasteiger partial charge is 0.272 e. The summed E-state index contributed by atoms with van der Waals surface area (Å²) in [4.78, 5) is 32.8. The van der Waals surface area contributed by atoms with Gasteiger partial charge in [-0.3, -0.25) is 19.3 Å². The molecule has 0 aliphatic carbocycles. The Labute approximate surface area is 140 Å². The van der Waals surface area contributed by atoms with Crippen molar-refractivity contribution in [3.05, 3.63) is 47.0 Å². The Hall–Kier alpha value is -2.70. The van der Waals surface area contributed by atoms with Crippen LogP contribution in [-0.4, -0.2) is 62.6 Å². The van der Waals surface area contributed by atoms with E-state index in [-0.39, 0.29) is 11.8 Å². The van der Waals surface area contributed by atoms with Crippen LogP contribution in [0.5, 0.6) is 0 Å². The molecule has 1 aliphatic rings. The van der Waals surface area contributed by atoms with Crippen molar-refractivity contribution >= 4 is 11.8 Å². The molecule has 2 aromatic rings. The van der Waals surface area contributed by atoms with E-state index >= 15 is 0 Å². The van der Waals surface area contributed by atoms with E-state index in [1.165, 1.54) is 0 Å². The number of hydrogen-bond acceptors (Lipinski definition) is 4. The third kappa shape index (κ3) is 2.89. The van der Waals surface area contributed by atoms with Crippen molar-refractivity contribution in [2.24, 2.45) is 7.05 Å². The molecular weight excluding hydrogens is 306 g/mol. The molecular formula is C17H21N5O2. The average molecular weight is 327 g/mol. The molecule has 1 aliphatic heterocycles. The van der Waals surface area contributed by atoms with Crippen molar-refractivity contribution in [1.29, 1.82) is 0 Å². The molecule has 2 aromatic heterocycles. The van der Waals surface area contributed by atoms with Crippen molar-refractivity contribution in [2.45, 2.75) is 13.8 Å². The van der Waals surface area contributed by atoms with Gasteiger partial charge in [-0.15, -0.1) is 0 Å². The van der Waals surface area contributed by atoms with Crippen molar-refractivity contribution in [3.63, 3.8) is 0 Å². The Kier molecular flexibility index (Phi) is 4.33. The first-order chi connectivity index (χ1) is 11.5. The van der Waals surface area contributed by atoms with Gasteiger partial charge in [0.05, 0.1) is 11.3 Å². The number of piperazine rings is 1. The van der Waals surface area contributed by atoms with E-state index in [2.05, 4.69) is 10.1 Å². The van der Waals surface area contributed by atoms with Gasteiger partial charge in [0.2, 0.25) is 0 Å². The predicted octanol–water partition coefficient (Wildman–Crippen LogP) is 1.03. The van der Waals surface area contributed by atoms with E-state index in [0.717, 1.165) is 11.4 Å². The lowest BCUT2D eigenvalue weighted by Gasteiger charge is -2.34. The number of aromatic nitrogens is 3. The quantitative estimate of drug-likeness (QED) is 0.826. The molecule has 1 saturated heterocycles. The van der Waals surface area contributed by atoms with Crippen LogP contribution in [0, 0.1) is 13.8 Å². The van der Waals surface area contributed by atoms with Gasteiger partial charge < -0.3 is 9.80 Å². The molecule has 0 aromatic carbocycles. The number of hydrogen-bond donors (Lipinski definition) is 0. The zero-order valence-electron chi connectivity index (χ0n) is 14.2. The lowest BCUT2D eigenvalue weighted by Crippen LogP contribution is -2.50. The molecule has 0 N–H and O–H groups in total. The summed E-state index contributed by atoms with van der Waals surface area (Å²) in [7, 11) is 1.84. The lowest BCUT2D eigenvalue weighted by molar-refractivity contribution is 0.0531. The van der Waals surface area contributed by atoms with Gasteiger partial charge in [0, 0.05) is 45.1 Å². The summed E-state index contributed by atoms with van der Waals surface area (Å²) in [5.41, 5.74) is 2.72. The van der Waals surface area contributed by atoms with Crippen LogP contribution in [0.15, 0.2) is 24.4 Å². The maximum Gasteiger partial charge on any atom is 0.272 e. The number of amides is 2. The second-order valence-corrected chi connectivity index (χ2v) is 5.97. The molecule has 2 amide bonds. The fourth-order valence-corrected chi connectivity index (χ4v) is 3.01. The average Bonchev–Trinajstić information content (AvgIpc) is 2.87. The molecule has 0 saturated carbocycles. The number of nitrogens with zero attached hydrogens (tertiary/aromatic N) is 5. The van der Waals surface area contributed by atoms with E-state index in [1.807, 2.05) is 20.9 Å². The highest BCUT2D eigenvalue weighted by Gasteiger charge is 2.28. The Morgan fingerprint density at radius 1 is 1.00 bits per heavy atom. The summed E-state index contributed by atoms with van der Waals surface area (Å²) in [6, 6.07) is 5.29. The molecule has 0 unspecified atom stereocenters. The molecule has 1 fully saturated rings. The van der Waals surface area contributed by atoms with Crippen LogP contribution in [-0.2, 0) is 7.05 Å². The third-order valence-corrected chi connectivity index (χ3v) is 4.46. The van der Waals surface area contributed by atoms with Gasteiger partial charge in [-0.25, -0.2) is 0 Å². The number of carbonyl (C=O) groups is 2. The first-order valence-electron chi connectivity index (χ1n) is 7.99. The molecule has 0 bridgehead atoms. The zero-order valence-corrected chi connectivity index (χ0v) is 14.2. The van der Waals surface area contributed by atoms with Crippen LogP contribution < -0.4 is 0 Å². The molecule has 0 spiro atoms. The van der Waals surface area contributed by atoms with Gasteiger partial charge >= 0.3 is 0 Å². The summed E-state index contributed by atoms with van der Waals surface area (Å²) in [5, 5.41) is 4.31. The number of carbonyl (C=O) groups excluding carboxylic acids is 2. The molecule has 0 atom stereocenters. The zero-order chi connectivity index (χ0) is 17.3. The first kappa shape index (κ1) is 16.2. The Morgan fingerprint density at radius 3 is 2.12 bits per heavy atom. The standard InChI is InChI=1S/C17H21N5O2/c1-12-15(13(2)20(3)19-12)17(24)22-10-8-21(9-11-22)16(23)14-6-4-5-7-18-14/h4-7H,8-11H2,1-3H3. The summed E-state index contributed by atoms with van der Waals surface area (Å²) in [6.07, 6.45) is 1.61. The van der Waals surface area contributed by atoms with E-state index in [0.29, 0.717) is 37.4 Å². The SMILES string of the molecule is Cc1nn(C)c(C)c1C(=O)N1CCN(C(=O)c2ccccn2)CC1. The highest BCUT2D eigenvalue weighted by atomic mass is 16.2. The second kappa shape index (κ2) is 6.43. The van der Waals surface area contributed by atoms with Crippen LogP contribution >= 0.6 is 0 Å². The number of rotatable bonds is 2. The van der Waals surface area contributed by atoms with Crippen molar-refractivity contribution in [2.75, 3.05) is 26.2 Å². The van der Waals surface area contributed by atoms with Crippen molar-refractivity contribution < 1.29 is 9.59 Å². The highest BCUT2D eigenvalue weighted by Crippen LogP contribution is 2.16. The molecule has 24 heavy (non-hydrogen) atoms. The highest BCUT2D eigenvalue weighted by molar-refractivity contribution is 5.97. The molecule has 7 nitrogen and oxygen atoms in total.